The van der Waals surface area contributed by atoms with E-state index >= 15 is 0 Å². The third-order valence-corrected chi connectivity index (χ3v) is 5.82. The highest BCUT2D eigenvalue weighted by Crippen LogP contribution is 2.33. The molecule has 1 aliphatic heterocycles. The van der Waals surface area contributed by atoms with Crippen molar-refractivity contribution in [3.63, 3.8) is 0 Å². The van der Waals surface area contributed by atoms with E-state index in [2.05, 4.69) is 21.2 Å². The lowest BCUT2D eigenvalue weighted by molar-refractivity contribution is -0.384. The van der Waals surface area contributed by atoms with Gasteiger partial charge in [0.1, 0.15) is 4.32 Å². The number of benzene rings is 2. The molecule has 3 rings (SSSR count). The standard InChI is InChI=1S/C19H14BrN3O4S2/c20-13-3-1-2-12(10-13)11-16-18(25)22(19(28)29-16)9-8-17(24)21-14-4-6-15(7-5-14)23(26)27/h1-7,10-11H,8-9H2,(H,21,24)/b16-11+. The summed E-state index contributed by atoms with van der Waals surface area (Å²) in [7, 11) is 0. The average molecular weight is 492 g/mol. The maximum atomic E-state index is 12.6. The van der Waals surface area contributed by atoms with Crippen LogP contribution in [0.4, 0.5) is 11.4 Å². The van der Waals surface area contributed by atoms with Crippen molar-refractivity contribution in [2.75, 3.05) is 11.9 Å². The first-order chi connectivity index (χ1) is 13.8. The van der Waals surface area contributed by atoms with Crippen LogP contribution in [0, 0.1) is 10.1 Å². The number of rotatable bonds is 6. The van der Waals surface area contributed by atoms with Gasteiger partial charge >= 0.3 is 0 Å². The van der Waals surface area contributed by atoms with Gasteiger partial charge in [0, 0.05) is 35.3 Å². The van der Waals surface area contributed by atoms with Gasteiger partial charge in [-0.2, -0.15) is 0 Å². The van der Waals surface area contributed by atoms with E-state index in [4.69, 9.17) is 12.2 Å². The molecular formula is C19H14BrN3O4S2. The van der Waals surface area contributed by atoms with E-state index in [9.17, 15) is 19.7 Å². The summed E-state index contributed by atoms with van der Waals surface area (Å²) >= 11 is 9.87. The van der Waals surface area contributed by atoms with E-state index < -0.39 is 4.92 Å². The van der Waals surface area contributed by atoms with Crippen LogP contribution in [0.5, 0.6) is 0 Å². The van der Waals surface area contributed by atoms with Gasteiger partial charge in [-0.25, -0.2) is 0 Å². The quantitative estimate of drug-likeness (QED) is 0.275. The Kier molecular flexibility index (Phi) is 6.78. The monoisotopic (exact) mass is 491 g/mol. The number of carbonyl (C=O) groups excluding carboxylic acids is 2. The average Bonchev–Trinajstić information content (AvgIpc) is 2.93. The highest BCUT2D eigenvalue weighted by molar-refractivity contribution is 9.10. The first-order valence-corrected chi connectivity index (χ1v) is 10.4. The zero-order chi connectivity index (χ0) is 21.0. The van der Waals surface area contributed by atoms with Gasteiger partial charge in [0.15, 0.2) is 0 Å². The first kappa shape index (κ1) is 21.2. The van der Waals surface area contributed by atoms with Crippen LogP contribution in [0.15, 0.2) is 57.9 Å². The minimum absolute atomic E-state index is 0.0492. The van der Waals surface area contributed by atoms with Gasteiger partial charge in [0.25, 0.3) is 11.6 Å². The van der Waals surface area contributed by atoms with Crippen molar-refractivity contribution in [3.05, 3.63) is 73.6 Å². The van der Waals surface area contributed by atoms with Gasteiger partial charge < -0.3 is 5.32 Å². The van der Waals surface area contributed by atoms with Gasteiger partial charge in [-0.15, -0.1) is 0 Å². The predicted molar refractivity (Wildman–Crippen MR) is 120 cm³/mol. The van der Waals surface area contributed by atoms with E-state index in [1.807, 2.05) is 24.3 Å². The summed E-state index contributed by atoms with van der Waals surface area (Å²) in [5.41, 5.74) is 1.26. The fourth-order valence-corrected chi connectivity index (χ4v) is 4.27. The molecule has 0 aliphatic carbocycles. The fourth-order valence-electron chi connectivity index (χ4n) is 2.54. The largest absolute Gasteiger partial charge is 0.326 e. The van der Waals surface area contributed by atoms with Crippen LogP contribution >= 0.6 is 39.9 Å². The van der Waals surface area contributed by atoms with Crippen molar-refractivity contribution in [2.45, 2.75) is 6.42 Å². The lowest BCUT2D eigenvalue weighted by atomic mass is 10.2. The predicted octanol–water partition coefficient (Wildman–Crippen LogP) is 4.59. The Bertz CT molecular complexity index is 1020. The second-order valence-corrected chi connectivity index (χ2v) is 8.58. The van der Waals surface area contributed by atoms with Crippen molar-refractivity contribution in [2.24, 2.45) is 0 Å². The third kappa shape index (κ3) is 5.49. The van der Waals surface area contributed by atoms with Crippen molar-refractivity contribution in [1.82, 2.24) is 4.90 Å². The van der Waals surface area contributed by atoms with Crippen LogP contribution in [0.25, 0.3) is 6.08 Å². The molecule has 148 valence electrons. The van der Waals surface area contributed by atoms with E-state index in [1.165, 1.54) is 40.9 Å². The lowest BCUT2D eigenvalue weighted by Gasteiger charge is -2.14. The van der Waals surface area contributed by atoms with Crippen molar-refractivity contribution in [3.8, 4) is 0 Å². The van der Waals surface area contributed by atoms with Gasteiger partial charge in [0.2, 0.25) is 5.91 Å². The Morgan fingerprint density at radius 3 is 2.66 bits per heavy atom. The number of nitro groups is 1. The summed E-state index contributed by atoms with van der Waals surface area (Å²) in [5.74, 6) is -0.549. The zero-order valence-corrected chi connectivity index (χ0v) is 18.1. The normalized spacial score (nSPS) is 15.1. The molecule has 2 aromatic rings. The van der Waals surface area contributed by atoms with Crippen molar-refractivity contribution >= 4 is 73.5 Å². The highest BCUT2D eigenvalue weighted by atomic mass is 79.9. The second kappa shape index (κ2) is 9.29. The molecule has 0 atom stereocenters. The number of nitrogens with zero attached hydrogens (tertiary/aromatic N) is 2. The Hall–Kier alpha value is -2.56. The molecule has 1 fully saturated rings. The van der Waals surface area contributed by atoms with Gasteiger partial charge in [-0.05, 0) is 35.9 Å². The number of anilines is 1. The number of nitro benzene ring substituents is 1. The fraction of sp³-hybridized carbons (Fsp3) is 0.105. The van der Waals surface area contributed by atoms with Crippen molar-refractivity contribution < 1.29 is 14.5 Å². The number of amides is 2. The van der Waals surface area contributed by atoms with Crippen LogP contribution in [0.1, 0.15) is 12.0 Å². The molecule has 1 saturated heterocycles. The number of thiocarbonyl (C=S) groups is 1. The molecule has 0 radical (unpaired) electrons. The summed E-state index contributed by atoms with van der Waals surface area (Å²) in [5, 5.41) is 13.3. The molecule has 0 aromatic heterocycles. The summed E-state index contributed by atoms with van der Waals surface area (Å²) in [6.07, 6.45) is 1.81. The number of non-ortho nitro benzene ring substituents is 1. The van der Waals surface area contributed by atoms with Crippen LogP contribution in [-0.4, -0.2) is 32.5 Å². The number of carbonyl (C=O) groups is 2. The summed E-state index contributed by atoms with van der Waals surface area (Å²) < 4.78 is 1.31. The molecule has 1 heterocycles. The smallest absolute Gasteiger partial charge is 0.269 e. The van der Waals surface area contributed by atoms with Crippen molar-refractivity contribution in [1.29, 1.82) is 0 Å². The van der Waals surface area contributed by atoms with Crippen LogP contribution < -0.4 is 5.32 Å². The van der Waals surface area contributed by atoms with E-state index in [0.29, 0.717) is 14.9 Å². The summed E-state index contributed by atoms with van der Waals surface area (Å²) in [4.78, 5) is 36.8. The Labute approximate surface area is 184 Å². The molecule has 29 heavy (non-hydrogen) atoms. The second-order valence-electron chi connectivity index (χ2n) is 5.99. The molecule has 0 spiro atoms. The molecule has 2 aromatic carbocycles. The van der Waals surface area contributed by atoms with Crippen LogP contribution in [0.3, 0.4) is 0 Å². The molecule has 10 heteroatoms. The van der Waals surface area contributed by atoms with E-state index in [1.54, 1.807) is 6.08 Å². The van der Waals surface area contributed by atoms with Gasteiger partial charge in [-0.3, -0.25) is 24.6 Å². The SMILES string of the molecule is O=C(CCN1C(=O)/C(=C\c2cccc(Br)c2)SC1=S)Nc1ccc([N+](=O)[O-])cc1. The summed E-state index contributed by atoms with van der Waals surface area (Å²) in [6, 6.07) is 13.1. The Morgan fingerprint density at radius 2 is 2.00 bits per heavy atom. The Balaban J connectivity index is 1.58. The van der Waals surface area contributed by atoms with E-state index in [-0.39, 0.29) is 30.5 Å². The van der Waals surface area contributed by atoms with Gasteiger partial charge in [0.05, 0.1) is 9.83 Å². The molecule has 1 N–H and O–H groups in total. The topological polar surface area (TPSA) is 92.6 Å². The molecule has 2 amide bonds. The first-order valence-electron chi connectivity index (χ1n) is 8.39. The molecule has 1 aliphatic rings. The summed E-state index contributed by atoms with van der Waals surface area (Å²) in [6.45, 7) is 0.152. The number of nitrogens with one attached hydrogen (secondary N) is 1. The molecule has 7 nitrogen and oxygen atoms in total. The lowest BCUT2D eigenvalue weighted by Crippen LogP contribution is -2.31. The molecule has 0 bridgehead atoms. The zero-order valence-electron chi connectivity index (χ0n) is 14.8. The number of thioether (sulfide) groups is 1. The number of hydrogen-bond acceptors (Lipinski definition) is 6. The maximum Gasteiger partial charge on any atom is 0.269 e. The minimum atomic E-state index is -0.511. The third-order valence-electron chi connectivity index (χ3n) is 3.94. The number of halogens is 1. The molecular weight excluding hydrogens is 478 g/mol. The maximum absolute atomic E-state index is 12.6. The molecule has 0 unspecified atom stereocenters. The number of hydrogen-bond donors (Lipinski definition) is 1. The van der Waals surface area contributed by atoms with Crippen LogP contribution in [0.2, 0.25) is 0 Å². The van der Waals surface area contributed by atoms with Gasteiger partial charge in [-0.1, -0.05) is 52.0 Å². The molecule has 0 saturated carbocycles. The highest BCUT2D eigenvalue weighted by Gasteiger charge is 2.32. The van der Waals surface area contributed by atoms with E-state index in [0.717, 1.165) is 10.0 Å². The van der Waals surface area contributed by atoms with Crippen LogP contribution in [-0.2, 0) is 9.59 Å². The minimum Gasteiger partial charge on any atom is -0.326 e. The Morgan fingerprint density at radius 1 is 1.28 bits per heavy atom.